The first kappa shape index (κ1) is 12.4. The van der Waals surface area contributed by atoms with Crippen molar-refractivity contribution >= 4 is 23.4 Å². The molecule has 1 atom stereocenters. The lowest BCUT2D eigenvalue weighted by atomic mass is 10.4. The van der Waals surface area contributed by atoms with Gasteiger partial charge >= 0.3 is 0 Å². The van der Waals surface area contributed by atoms with Gasteiger partial charge in [0.15, 0.2) is 5.82 Å². The molecule has 4 nitrogen and oxygen atoms in total. The summed E-state index contributed by atoms with van der Waals surface area (Å²) in [4.78, 5) is 5.19. The molecule has 2 N–H and O–H groups in total. The van der Waals surface area contributed by atoms with Crippen molar-refractivity contribution in [3.63, 3.8) is 0 Å². The van der Waals surface area contributed by atoms with Gasteiger partial charge in [0.2, 0.25) is 5.89 Å². The van der Waals surface area contributed by atoms with Crippen molar-refractivity contribution in [2.45, 2.75) is 23.6 Å². The van der Waals surface area contributed by atoms with E-state index in [0.717, 1.165) is 9.92 Å². The van der Waals surface area contributed by atoms with Crippen molar-refractivity contribution in [3.8, 4) is 0 Å². The van der Waals surface area contributed by atoms with Gasteiger partial charge in [0.1, 0.15) is 0 Å². The molecular formula is C11H12ClN3OS. The Morgan fingerprint density at radius 2 is 2.24 bits per heavy atom. The second-order valence-electron chi connectivity index (χ2n) is 3.56. The van der Waals surface area contributed by atoms with Gasteiger partial charge in [-0.1, -0.05) is 28.9 Å². The molecule has 0 amide bonds. The molecule has 0 saturated heterocycles. The largest absolute Gasteiger partial charge is 0.338 e. The minimum Gasteiger partial charge on any atom is -0.338 e. The highest BCUT2D eigenvalue weighted by Gasteiger charge is 2.10. The molecule has 0 radical (unpaired) electrons. The molecular weight excluding hydrogens is 258 g/mol. The van der Waals surface area contributed by atoms with Gasteiger partial charge in [-0.25, -0.2) is 0 Å². The molecule has 6 heteroatoms. The zero-order valence-corrected chi connectivity index (χ0v) is 10.8. The molecule has 1 aromatic heterocycles. The number of thioether (sulfide) groups is 1. The number of hydrogen-bond donors (Lipinski definition) is 1. The molecule has 17 heavy (non-hydrogen) atoms. The van der Waals surface area contributed by atoms with Crippen LogP contribution in [0.4, 0.5) is 0 Å². The van der Waals surface area contributed by atoms with Gasteiger partial charge in [-0.2, -0.15) is 4.98 Å². The van der Waals surface area contributed by atoms with Gasteiger partial charge in [-0.05, 0) is 19.1 Å². The number of rotatable bonds is 4. The summed E-state index contributed by atoms with van der Waals surface area (Å²) in [6.07, 6.45) is 0. The van der Waals surface area contributed by atoms with E-state index in [1.54, 1.807) is 18.7 Å². The quantitative estimate of drug-likeness (QED) is 0.865. The molecule has 1 unspecified atom stereocenters. The number of nitrogens with zero attached hydrogens (tertiary/aromatic N) is 2. The monoisotopic (exact) mass is 269 g/mol. The van der Waals surface area contributed by atoms with Crippen LogP contribution in [0.15, 0.2) is 33.7 Å². The molecule has 0 saturated carbocycles. The van der Waals surface area contributed by atoms with Crippen LogP contribution in [-0.2, 0) is 5.75 Å². The van der Waals surface area contributed by atoms with Crippen LogP contribution in [0.25, 0.3) is 0 Å². The zero-order valence-electron chi connectivity index (χ0n) is 9.26. The van der Waals surface area contributed by atoms with Crippen LogP contribution < -0.4 is 5.73 Å². The molecule has 0 aliphatic rings. The normalized spacial score (nSPS) is 12.6. The minimum absolute atomic E-state index is 0.235. The van der Waals surface area contributed by atoms with E-state index in [1.165, 1.54) is 0 Å². The summed E-state index contributed by atoms with van der Waals surface area (Å²) in [5, 5.41) is 4.58. The molecule has 0 aliphatic heterocycles. The smallest absolute Gasteiger partial charge is 0.243 e. The summed E-state index contributed by atoms with van der Waals surface area (Å²) in [6, 6.07) is 7.42. The van der Waals surface area contributed by atoms with Gasteiger partial charge in [0, 0.05) is 4.90 Å². The van der Waals surface area contributed by atoms with Crippen LogP contribution in [0.2, 0.25) is 5.02 Å². The highest BCUT2D eigenvalue weighted by atomic mass is 35.5. The lowest BCUT2D eigenvalue weighted by Gasteiger charge is -2.00. The Hall–Kier alpha value is -1.04. The molecule has 1 heterocycles. The van der Waals surface area contributed by atoms with E-state index in [2.05, 4.69) is 10.1 Å². The van der Waals surface area contributed by atoms with Crippen molar-refractivity contribution in [1.29, 1.82) is 0 Å². The van der Waals surface area contributed by atoms with Crippen LogP contribution in [0.1, 0.15) is 24.7 Å². The Labute approximate surface area is 109 Å². The highest BCUT2D eigenvalue weighted by Crippen LogP contribution is 2.28. The topological polar surface area (TPSA) is 64.9 Å². The van der Waals surface area contributed by atoms with E-state index >= 15 is 0 Å². The van der Waals surface area contributed by atoms with E-state index in [0.29, 0.717) is 17.5 Å². The molecule has 0 fully saturated rings. The standard InChI is InChI=1S/C11H12ClN3OS/c1-7(13)11-14-10(15-16-11)6-17-9-5-3-2-4-8(9)12/h2-5,7H,6,13H2,1H3. The average molecular weight is 270 g/mol. The fourth-order valence-corrected chi connectivity index (χ4v) is 2.30. The van der Waals surface area contributed by atoms with Gasteiger partial charge < -0.3 is 10.3 Å². The second-order valence-corrected chi connectivity index (χ2v) is 4.98. The van der Waals surface area contributed by atoms with E-state index in [1.807, 2.05) is 24.3 Å². The fourth-order valence-electron chi connectivity index (χ4n) is 1.22. The van der Waals surface area contributed by atoms with Crippen LogP contribution in [0.3, 0.4) is 0 Å². The first-order valence-corrected chi connectivity index (χ1v) is 6.48. The maximum atomic E-state index is 6.04. The van der Waals surface area contributed by atoms with E-state index < -0.39 is 0 Å². The van der Waals surface area contributed by atoms with Gasteiger partial charge in [-0.3, -0.25) is 0 Å². The lowest BCUT2D eigenvalue weighted by Crippen LogP contribution is -2.05. The Balaban J connectivity index is 2.00. The maximum Gasteiger partial charge on any atom is 0.243 e. The zero-order chi connectivity index (χ0) is 12.3. The van der Waals surface area contributed by atoms with Gasteiger partial charge in [-0.15, -0.1) is 11.8 Å². The lowest BCUT2D eigenvalue weighted by molar-refractivity contribution is 0.358. The van der Waals surface area contributed by atoms with Crippen molar-refractivity contribution in [2.24, 2.45) is 5.73 Å². The minimum atomic E-state index is -0.235. The molecule has 2 rings (SSSR count). The fraction of sp³-hybridized carbons (Fsp3) is 0.273. The Kier molecular flexibility index (Phi) is 4.04. The van der Waals surface area contributed by atoms with E-state index in [-0.39, 0.29) is 6.04 Å². The maximum absolute atomic E-state index is 6.04. The Bertz CT molecular complexity index is 501. The molecule has 0 spiro atoms. The Morgan fingerprint density at radius 1 is 1.47 bits per heavy atom. The summed E-state index contributed by atoms with van der Waals surface area (Å²) in [5.41, 5.74) is 5.63. The summed E-state index contributed by atoms with van der Waals surface area (Å²) in [7, 11) is 0. The number of aromatic nitrogens is 2. The molecule has 90 valence electrons. The van der Waals surface area contributed by atoms with Crippen molar-refractivity contribution in [1.82, 2.24) is 10.1 Å². The molecule has 2 aromatic rings. The van der Waals surface area contributed by atoms with Gasteiger partial charge in [0.25, 0.3) is 0 Å². The van der Waals surface area contributed by atoms with Crippen molar-refractivity contribution < 1.29 is 4.52 Å². The predicted molar refractivity (Wildman–Crippen MR) is 67.9 cm³/mol. The number of halogens is 1. The molecule has 1 aromatic carbocycles. The SMILES string of the molecule is CC(N)c1nc(CSc2ccccc2Cl)no1. The number of benzene rings is 1. The van der Waals surface area contributed by atoms with Crippen LogP contribution in [0.5, 0.6) is 0 Å². The van der Waals surface area contributed by atoms with Crippen molar-refractivity contribution in [2.75, 3.05) is 0 Å². The Morgan fingerprint density at radius 3 is 2.88 bits per heavy atom. The van der Waals surface area contributed by atoms with Crippen LogP contribution >= 0.6 is 23.4 Å². The number of nitrogens with two attached hydrogens (primary N) is 1. The van der Waals surface area contributed by atoms with Crippen LogP contribution in [0, 0.1) is 0 Å². The third-order valence-electron chi connectivity index (χ3n) is 2.07. The first-order valence-electron chi connectivity index (χ1n) is 5.12. The first-order chi connectivity index (χ1) is 8.16. The van der Waals surface area contributed by atoms with Crippen LogP contribution in [-0.4, -0.2) is 10.1 Å². The summed E-state index contributed by atoms with van der Waals surface area (Å²) < 4.78 is 5.01. The van der Waals surface area contributed by atoms with E-state index in [9.17, 15) is 0 Å². The molecule has 0 bridgehead atoms. The average Bonchev–Trinajstić information content (AvgIpc) is 2.77. The van der Waals surface area contributed by atoms with Gasteiger partial charge in [0.05, 0.1) is 16.8 Å². The summed E-state index contributed by atoms with van der Waals surface area (Å²) >= 11 is 7.61. The number of hydrogen-bond acceptors (Lipinski definition) is 5. The molecule has 0 aliphatic carbocycles. The third kappa shape index (κ3) is 3.21. The highest BCUT2D eigenvalue weighted by molar-refractivity contribution is 7.98. The second kappa shape index (κ2) is 5.53. The third-order valence-corrected chi connectivity index (χ3v) is 3.58. The van der Waals surface area contributed by atoms with E-state index in [4.69, 9.17) is 21.9 Å². The predicted octanol–water partition coefficient (Wildman–Crippen LogP) is 3.04. The summed E-state index contributed by atoms with van der Waals surface area (Å²) in [5.74, 6) is 1.70. The van der Waals surface area contributed by atoms with Crippen molar-refractivity contribution in [3.05, 3.63) is 41.0 Å². The summed E-state index contributed by atoms with van der Waals surface area (Å²) in [6.45, 7) is 1.80.